The van der Waals surface area contributed by atoms with E-state index < -0.39 is 0 Å². The second-order valence-electron chi connectivity index (χ2n) is 4.99. The molecule has 0 saturated carbocycles. The predicted octanol–water partition coefficient (Wildman–Crippen LogP) is 0.997. The first-order valence-electron chi connectivity index (χ1n) is 6.15. The van der Waals surface area contributed by atoms with E-state index in [1.807, 2.05) is 25.7 Å². The molecule has 1 aliphatic heterocycles. The molecule has 0 aromatic carbocycles. The summed E-state index contributed by atoms with van der Waals surface area (Å²) in [5, 5.41) is 0. The zero-order valence-corrected chi connectivity index (χ0v) is 10.6. The van der Waals surface area contributed by atoms with Crippen LogP contribution in [-0.2, 0) is 9.53 Å². The molecule has 94 valence electrons. The summed E-state index contributed by atoms with van der Waals surface area (Å²) in [5.41, 5.74) is 5.92. The Morgan fingerprint density at radius 2 is 2.25 bits per heavy atom. The van der Waals surface area contributed by atoms with Gasteiger partial charge in [-0.1, -0.05) is 13.8 Å². The smallest absolute Gasteiger partial charge is 0.224 e. The van der Waals surface area contributed by atoms with Gasteiger partial charge in [0.25, 0.3) is 0 Å². The molecule has 4 nitrogen and oxygen atoms in total. The van der Waals surface area contributed by atoms with Crippen molar-refractivity contribution in [1.29, 1.82) is 0 Å². The van der Waals surface area contributed by atoms with Crippen LogP contribution in [0.4, 0.5) is 0 Å². The number of carbonyl (C=O) groups is 1. The van der Waals surface area contributed by atoms with Gasteiger partial charge in [-0.25, -0.2) is 0 Å². The van der Waals surface area contributed by atoms with Crippen LogP contribution < -0.4 is 5.73 Å². The van der Waals surface area contributed by atoms with Gasteiger partial charge in [-0.05, 0) is 19.3 Å². The standard InChI is InChI=1S/C12H24N2O2/c1-9(2)11(13)7-12(15)14-5-4-6-16-10(3)8-14/h9-11H,4-8,13H2,1-3H3. The van der Waals surface area contributed by atoms with Crippen molar-refractivity contribution >= 4 is 5.91 Å². The molecule has 1 amide bonds. The Balaban J connectivity index is 2.45. The molecule has 1 rings (SSSR count). The van der Waals surface area contributed by atoms with E-state index in [1.54, 1.807) is 0 Å². The molecule has 0 radical (unpaired) electrons. The Bertz CT molecular complexity index is 231. The number of ether oxygens (including phenoxy) is 1. The maximum atomic E-state index is 12.0. The number of hydrogen-bond acceptors (Lipinski definition) is 3. The van der Waals surface area contributed by atoms with Crippen molar-refractivity contribution in [2.24, 2.45) is 11.7 Å². The van der Waals surface area contributed by atoms with Crippen molar-refractivity contribution in [2.45, 2.75) is 45.8 Å². The molecule has 2 unspecified atom stereocenters. The number of carbonyl (C=O) groups excluding carboxylic acids is 1. The van der Waals surface area contributed by atoms with Gasteiger partial charge in [0.05, 0.1) is 6.10 Å². The van der Waals surface area contributed by atoms with E-state index >= 15 is 0 Å². The lowest BCUT2D eigenvalue weighted by atomic mass is 10.0. The molecule has 2 N–H and O–H groups in total. The lowest BCUT2D eigenvalue weighted by Gasteiger charge is -2.24. The van der Waals surface area contributed by atoms with Crippen LogP contribution in [-0.4, -0.2) is 42.6 Å². The Hall–Kier alpha value is -0.610. The maximum Gasteiger partial charge on any atom is 0.224 e. The molecular formula is C12H24N2O2. The van der Waals surface area contributed by atoms with Crippen LogP contribution in [0, 0.1) is 5.92 Å². The van der Waals surface area contributed by atoms with Gasteiger partial charge in [0, 0.05) is 32.2 Å². The van der Waals surface area contributed by atoms with Gasteiger partial charge in [0.1, 0.15) is 0 Å². The van der Waals surface area contributed by atoms with Crippen LogP contribution in [0.15, 0.2) is 0 Å². The highest BCUT2D eigenvalue weighted by Gasteiger charge is 2.22. The first-order valence-corrected chi connectivity index (χ1v) is 6.15. The van der Waals surface area contributed by atoms with Crippen LogP contribution in [0.1, 0.15) is 33.6 Å². The fourth-order valence-electron chi connectivity index (χ4n) is 1.79. The van der Waals surface area contributed by atoms with Crippen molar-refractivity contribution in [1.82, 2.24) is 4.90 Å². The van der Waals surface area contributed by atoms with Crippen LogP contribution >= 0.6 is 0 Å². The SMILES string of the molecule is CC1CN(C(=O)CC(N)C(C)C)CCCO1. The summed E-state index contributed by atoms with van der Waals surface area (Å²) in [6, 6.07) is -0.0352. The maximum absolute atomic E-state index is 12.0. The van der Waals surface area contributed by atoms with E-state index in [-0.39, 0.29) is 18.1 Å². The minimum absolute atomic E-state index is 0.0352. The van der Waals surface area contributed by atoms with Gasteiger partial charge in [0.2, 0.25) is 5.91 Å². The number of rotatable bonds is 3. The third kappa shape index (κ3) is 4.10. The van der Waals surface area contributed by atoms with Crippen molar-refractivity contribution in [3.63, 3.8) is 0 Å². The molecule has 1 fully saturated rings. The lowest BCUT2D eigenvalue weighted by Crippen LogP contribution is -2.40. The highest BCUT2D eigenvalue weighted by Crippen LogP contribution is 2.10. The fraction of sp³-hybridized carbons (Fsp3) is 0.917. The van der Waals surface area contributed by atoms with Gasteiger partial charge in [-0.15, -0.1) is 0 Å². The van der Waals surface area contributed by atoms with Crippen molar-refractivity contribution in [3.05, 3.63) is 0 Å². The van der Waals surface area contributed by atoms with Gasteiger partial charge in [-0.2, -0.15) is 0 Å². The van der Waals surface area contributed by atoms with Crippen LogP contribution in [0.3, 0.4) is 0 Å². The van der Waals surface area contributed by atoms with Crippen LogP contribution in [0.25, 0.3) is 0 Å². The summed E-state index contributed by atoms with van der Waals surface area (Å²) in [6.45, 7) is 8.35. The first-order chi connectivity index (χ1) is 7.50. The number of nitrogens with two attached hydrogens (primary N) is 1. The highest BCUT2D eigenvalue weighted by atomic mass is 16.5. The Kier molecular flexibility index (Phi) is 5.22. The van der Waals surface area contributed by atoms with Crippen molar-refractivity contribution in [3.8, 4) is 0 Å². The molecule has 0 aromatic heterocycles. The average Bonchev–Trinajstić information content (AvgIpc) is 2.42. The predicted molar refractivity (Wildman–Crippen MR) is 64.0 cm³/mol. The Morgan fingerprint density at radius 1 is 1.56 bits per heavy atom. The van der Waals surface area contributed by atoms with Gasteiger partial charge < -0.3 is 15.4 Å². The molecule has 0 bridgehead atoms. The summed E-state index contributed by atoms with van der Waals surface area (Å²) in [5.74, 6) is 0.517. The molecule has 1 aliphatic rings. The second kappa shape index (κ2) is 6.21. The largest absolute Gasteiger partial charge is 0.377 e. The van der Waals surface area contributed by atoms with E-state index in [2.05, 4.69) is 0 Å². The molecule has 1 heterocycles. The molecule has 0 aromatic rings. The zero-order valence-electron chi connectivity index (χ0n) is 10.6. The normalized spacial score (nSPS) is 24.3. The van der Waals surface area contributed by atoms with E-state index in [9.17, 15) is 4.79 Å². The van der Waals surface area contributed by atoms with Crippen LogP contribution in [0.2, 0.25) is 0 Å². The topological polar surface area (TPSA) is 55.6 Å². The molecule has 1 saturated heterocycles. The first kappa shape index (κ1) is 13.5. The summed E-state index contributed by atoms with van der Waals surface area (Å²) in [6.07, 6.45) is 1.51. The molecular weight excluding hydrogens is 204 g/mol. The van der Waals surface area contributed by atoms with Crippen molar-refractivity contribution < 1.29 is 9.53 Å². The van der Waals surface area contributed by atoms with E-state index in [0.717, 1.165) is 19.6 Å². The molecule has 0 aliphatic carbocycles. The Labute approximate surface area is 98.1 Å². The van der Waals surface area contributed by atoms with E-state index in [0.29, 0.717) is 18.9 Å². The molecule has 0 spiro atoms. The second-order valence-corrected chi connectivity index (χ2v) is 4.99. The van der Waals surface area contributed by atoms with E-state index in [1.165, 1.54) is 0 Å². The molecule has 16 heavy (non-hydrogen) atoms. The third-order valence-corrected chi connectivity index (χ3v) is 3.07. The summed E-state index contributed by atoms with van der Waals surface area (Å²) < 4.78 is 5.51. The summed E-state index contributed by atoms with van der Waals surface area (Å²) >= 11 is 0. The molecule has 4 heteroatoms. The number of nitrogens with zero attached hydrogens (tertiary/aromatic N) is 1. The van der Waals surface area contributed by atoms with Gasteiger partial charge >= 0.3 is 0 Å². The summed E-state index contributed by atoms with van der Waals surface area (Å²) in [7, 11) is 0. The van der Waals surface area contributed by atoms with Crippen LogP contribution in [0.5, 0.6) is 0 Å². The third-order valence-electron chi connectivity index (χ3n) is 3.07. The van der Waals surface area contributed by atoms with Gasteiger partial charge in [-0.3, -0.25) is 4.79 Å². The zero-order chi connectivity index (χ0) is 12.1. The number of hydrogen-bond donors (Lipinski definition) is 1. The fourth-order valence-corrected chi connectivity index (χ4v) is 1.79. The molecule has 2 atom stereocenters. The number of amides is 1. The lowest BCUT2D eigenvalue weighted by molar-refractivity contribution is -0.132. The monoisotopic (exact) mass is 228 g/mol. The quantitative estimate of drug-likeness (QED) is 0.784. The highest BCUT2D eigenvalue weighted by molar-refractivity contribution is 5.76. The van der Waals surface area contributed by atoms with Crippen molar-refractivity contribution in [2.75, 3.05) is 19.7 Å². The minimum Gasteiger partial charge on any atom is -0.377 e. The average molecular weight is 228 g/mol. The summed E-state index contributed by atoms with van der Waals surface area (Å²) in [4.78, 5) is 13.9. The van der Waals surface area contributed by atoms with Gasteiger partial charge in [0.15, 0.2) is 0 Å². The van der Waals surface area contributed by atoms with E-state index in [4.69, 9.17) is 10.5 Å². The minimum atomic E-state index is -0.0352. The Morgan fingerprint density at radius 3 is 2.88 bits per heavy atom.